The van der Waals surface area contributed by atoms with Gasteiger partial charge in [-0.15, -0.1) is 0 Å². The second-order valence-electron chi connectivity index (χ2n) is 8.57. The third-order valence-corrected chi connectivity index (χ3v) is 6.21. The number of aromatic nitrogens is 1. The van der Waals surface area contributed by atoms with Crippen molar-refractivity contribution >= 4 is 28.5 Å². The van der Waals surface area contributed by atoms with Gasteiger partial charge < -0.3 is 19.7 Å². The summed E-state index contributed by atoms with van der Waals surface area (Å²) in [6, 6.07) is 25.7. The minimum atomic E-state index is -0.627. The Morgan fingerprint density at radius 3 is 2.56 bits per heavy atom. The highest BCUT2D eigenvalue weighted by Crippen LogP contribution is 2.24. The van der Waals surface area contributed by atoms with Crippen molar-refractivity contribution in [1.82, 2.24) is 9.88 Å². The number of carbonyl (C=O) groups is 1. The molecule has 0 spiro atoms. The Morgan fingerprint density at radius 1 is 1.03 bits per heavy atom. The summed E-state index contributed by atoms with van der Waals surface area (Å²) < 4.78 is 7.04. The molecule has 2 atom stereocenters. The molecule has 6 heteroatoms. The van der Waals surface area contributed by atoms with Crippen LogP contribution in [0.3, 0.4) is 0 Å². The third-order valence-electron chi connectivity index (χ3n) is 5.98. The largest absolute Gasteiger partial charge is 0.464 e. The van der Waals surface area contributed by atoms with E-state index in [1.807, 2.05) is 53.1 Å². The molecule has 0 amide bonds. The Hall–Kier alpha value is -3.12. The molecule has 1 heterocycles. The summed E-state index contributed by atoms with van der Waals surface area (Å²) in [4.78, 5) is 12.5. The summed E-state index contributed by atoms with van der Waals surface area (Å²) in [5, 5.41) is 15.5. The predicted molar refractivity (Wildman–Crippen MR) is 136 cm³/mol. The van der Waals surface area contributed by atoms with Crippen molar-refractivity contribution in [2.75, 3.05) is 13.7 Å². The second kappa shape index (κ2) is 10.9. The van der Waals surface area contributed by atoms with E-state index in [9.17, 15) is 9.90 Å². The van der Waals surface area contributed by atoms with Crippen LogP contribution in [-0.4, -0.2) is 35.3 Å². The first kappa shape index (κ1) is 24.0. The number of methoxy groups -OCH3 is 1. The van der Waals surface area contributed by atoms with Gasteiger partial charge in [0.1, 0.15) is 5.69 Å². The first-order valence-corrected chi connectivity index (χ1v) is 11.7. The van der Waals surface area contributed by atoms with Crippen molar-refractivity contribution < 1.29 is 14.6 Å². The number of ether oxygens (including phenoxy) is 1. The summed E-state index contributed by atoms with van der Waals surface area (Å²) in [5.74, 6) is -0.348. The number of esters is 1. The fraction of sp³-hybridized carbons (Fsp3) is 0.250. The van der Waals surface area contributed by atoms with E-state index >= 15 is 0 Å². The lowest BCUT2D eigenvalue weighted by Crippen LogP contribution is -2.32. The molecular formula is C28H29ClN2O3. The summed E-state index contributed by atoms with van der Waals surface area (Å²) in [5.41, 5.74) is 4.59. The molecule has 0 saturated heterocycles. The lowest BCUT2D eigenvalue weighted by atomic mass is 10.0. The molecule has 0 aliphatic rings. The van der Waals surface area contributed by atoms with E-state index in [1.54, 1.807) is 12.1 Å². The SMILES string of the molecule is COC(=O)c1cc2cc(C[C@@H](C)NC[C@H](O)c3cccc(Cl)c3)ccc2n1Cc1ccccc1. The molecule has 0 saturated carbocycles. The number of aliphatic hydroxyl groups excluding tert-OH is 1. The van der Waals surface area contributed by atoms with Crippen molar-refractivity contribution in [1.29, 1.82) is 0 Å². The number of nitrogens with zero attached hydrogens (tertiary/aromatic N) is 1. The van der Waals surface area contributed by atoms with Gasteiger partial charge in [0.25, 0.3) is 0 Å². The molecule has 4 rings (SSSR count). The first-order chi connectivity index (χ1) is 16.4. The average Bonchev–Trinajstić information content (AvgIpc) is 3.20. The minimum Gasteiger partial charge on any atom is -0.464 e. The topological polar surface area (TPSA) is 63.5 Å². The number of carbonyl (C=O) groups excluding carboxylic acids is 1. The van der Waals surface area contributed by atoms with Gasteiger partial charge in [-0.05, 0) is 60.4 Å². The van der Waals surface area contributed by atoms with E-state index in [4.69, 9.17) is 16.3 Å². The summed E-state index contributed by atoms with van der Waals surface area (Å²) >= 11 is 6.03. The third kappa shape index (κ3) is 5.68. The van der Waals surface area contributed by atoms with Gasteiger partial charge >= 0.3 is 5.97 Å². The minimum absolute atomic E-state index is 0.151. The van der Waals surface area contributed by atoms with E-state index in [0.29, 0.717) is 23.8 Å². The number of benzene rings is 3. The second-order valence-corrected chi connectivity index (χ2v) is 9.01. The zero-order valence-electron chi connectivity index (χ0n) is 19.4. The predicted octanol–water partition coefficient (Wildman–Crippen LogP) is 5.38. The van der Waals surface area contributed by atoms with Crippen molar-refractivity contribution in [3.8, 4) is 0 Å². The lowest BCUT2D eigenvalue weighted by Gasteiger charge is -2.18. The van der Waals surface area contributed by atoms with E-state index in [1.165, 1.54) is 7.11 Å². The van der Waals surface area contributed by atoms with Gasteiger partial charge in [-0.25, -0.2) is 4.79 Å². The van der Waals surface area contributed by atoms with Gasteiger partial charge in [0, 0.05) is 35.1 Å². The maximum atomic E-state index is 12.5. The maximum absolute atomic E-state index is 12.5. The van der Waals surface area contributed by atoms with Gasteiger partial charge in [0.15, 0.2) is 0 Å². The molecule has 176 valence electrons. The Morgan fingerprint density at radius 2 is 1.82 bits per heavy atom. The van der Waals surface area contributed by atoms with E-state index in [2.05, 4.69) is 30.4 Å². The Bertz CT molecular complexity index is 1270. The van der Waals surface area contributed by atoms with Crippen LogP contribution in [-0.2, 0) is 17.7 Å². The van der Waals surface area contributed by atoms with Gasteiger partial charge in [0.05, 0.1) is 13.2 Å². The van der Waals surface area contributed by atoms with Crippen LogP contribution in [0.4, 0.5) is 0 Å². The van der Waals surface area contributed by atoms with Crippen molar-refractivity contribution in [3.05, 3.63) is 106 Å². The van der Waals surface area contributed by atoms with Crippen LogP contribution in [0.25, 0.3) is 10.9 Å². The number of nitrogens with one attached hydrogen (secondary N) is 1. The molecule has 2 N–H and O–H groups in total. The van der Waals surface area contributed by atoms with Crippen LogP contribution in [0.2, 0.25) is 5.02 Å². The molecule has 0 bridgehead atoms. The highest BCUT2D eigenvalue weighted by molar-refractivity contribution is 6.30. The van der Waals surface area contributed by atoms with E-state index < -0.39 is 6.10 Å². The van der Waals surface area contributed by atoms with Gasteiger partial charge in [-0.1, -0.05) is 60.1 Å². The number of hydrogen-bond acceptors (Lipinski definition) is 4. The van der Waals surface area contributed by atoms with Crippen LogP contribution in [0.15, 0.2) is 78.9 Å². The van der Waals surface area contributed by atoms with Crippen molar-refractivity contribution in [2.45, 2.75) is 32.0 Å². The van der Waals surface area contributed by atoms with Gasteiger partial charge in [0.2, 0.25) is 0 Å². The highest BCUT2D eigenvalue weighted by Gasteiger charge is 2.17. The van der Waals surface area contributed by atoms with Crippen molar-refractivity contribution in [3.63, 3.8) is 0 Å². The number of aliphatic hydroxyl groups is 1. The number of rotatable bonds is 9. The number of fused-ring (bicyclic) bond motifs is 1. The standard InChI is InChI=1S/C28H29ClN2O3/c1-19(30-17-27(32)22-9-6-10-24(29)15-22)13-21-11-12-25-23(14-21)16-26(28(33)34-2)31(25)18-20-7-4-3-5-8-20/h3-12,14-16,19,27,30,32H,13,17-18H2,1-2H3/t19-,27+/m1/s1. The molecule has 4 aromatic rings. The van der Waals surface area contributed by atoms with E-state index in [-0.39, 0.29) is 12.0 Å². The van der Waals surface area contributed by atoms with Gasteiger partial charge in [-0.2, -0.15) is 0 Å². The molecule has 0 radical (unpaired) electrons. The zero-order valence-corrected chi connectivity index (χ0v) is 20.1. The molecule has 3 aromatic carbocycles. The molecule has 0 fully saturated rings. The average molecular weight is 477 g/mol. The fourth-order valence-corrected chi connectivity index (χ4v) is 4.43. The van der Waals surface area contributed by atoms with Crippen LogP contribution in [0.1, 0.15) is 40.2 Å². The van der Waals surface area contributed by atoms with Crippen LogP contribution >= 0.6 is 11.6 Å². The molecule has 0 aliphatic heterocycles. The van der Waals surface area contributed by atoms with Crippen molar-refractivity contribution in [2.24, 2.45) is 0 Å². The Balaban J connectivity index is 1.48. The molecule has 0 aliphatic carbocycles. The zero-order chi connectivity index (χ0) is 24.1. The van der Waals surface area contributed by atoms with Crippen LogP contribution < -0.4 is 5.32 Å². The first-order valence-electron chi connectivity index (χ1n) is 11.4. The Kier molecular flexibility index (Phi) is 7.68. The van der Waals surface area contributed by atoms with Gasteiger partial charge in [-0.3, -0.25) is 0 Å². The van der Waals surface area contributed by atoms with Crippen LogP contribution in [0.5, 0.6) is 0 Å². The molecule has 5 nitrogen and oxygen atoms in total. The monoisotopic (exact) mass is 476 g/mol. The summed E-state index contributed by atoms with van der Waals surface area (Å²) in [6.07, 6.45) is 0.161. The summed E-state index contributed by atoms with van der Waals surface area (Å²) in [7, 11) is 1.41. The van der Waals surface area contributed by atoms with E-state index in [0.717, 1.165) is 34.0 Å². The Labute approximate surface area is 204 Å². The highest BCUT2D eigenvalue weighted by atomic mass is 35.5. The number of hydrogen-bond donors (Lipinski definition) is 2. The normalized spacial score (nSPS) is 13.1. The molecule has 1 aromatic heterocycles. The molecule has 0 unspecified atom stereocenters. The lowest BCUT2D eigenvalue weighted by molar-refractivity contribution is 0.0589. The number of halogens is 1. The maximum Gasteiger partial charge on any atom is 0.354 e. The fourth-order valence-electron chi connectivity index (χ4n) is 4.23. The molecular weight excluding hydrogens is 448 g/mol. The summed E-state index contributed by atoms with van der Waals surface area (Å²) in [6.45, 7) is 3.12. The quantitative estimate of drug-likeness (QED) is 0.318. The molecule has 34 heavy (non-hydrogen) atoms. The van der Waals surface area contributed by atoms with Crippen LogP contribution in [0, 0.1) is 0 Å². The smallest absolute Gasteiger partial charge is 0.354 e.